The normalized spacial score (nSPS) is 0. The fourth-order valence-electron chi connectivity index (χ4n) is 0. The van der Waals surface area contributed by atoms with Gasteiger partial charge in [-0.05, 0) is 0 Å². The van der Waals surface area contributed by atoms with Crippen molar-refractivity contribution in [1.82, 2.24) is 0 Å². The van der Waals surface area contributed by atoms with E-state index in [9.17, 15) is 0 Å². The number of hydrogen-bond donors (Lipinski definition) is 0. The predicted molar refractivity (Wildman–Crippen MR) is 14.4 cm³/mol. The molecule has 1 radical (unpaired) electrons. The summed E-state index contributed by atoms with van der Waals surface area (Å²) in [5.74, 6) is 0. The van der Waals surface area contributed by atoms with E-state index in [0.29, 0.717) is 0 Å². The van der Waals surface area contributed by atoms with Crippen LogP contribution in [0, 0.1) is 0 Å². The van der Waals surface area contributed by atoms with Crippen molar-refractivity contribution in [2.24, 2.45) is 0 Å². The van der Waals surface area contributed by atoms with Gasteiger partial charge < -0.3 is 11.0 Å². The van der Waals surface area contributed by atoms with Gasteiger partial charge in [-0.25, -0.2) is 0 Å². The third-order valence-electron chi connectivity index (χ3n) is 0. The van der Waals surface area contributed by atoms with E-state index in [2.05, 4.69) is 0 Å². The molecule has 0 aliphatic heterocycles. The molecule has 0 heterocycles. The molecule has 4 heavy (non-hydrogen) atoms. The maximum atomic E-state index is 0. The second-order valence-corrected chi connectivity index (χ2v) is 0. The average Bonchev–Trinajstić information content (AvgIpc) is 0. The van der Waals surface area contributed by atoms with Crippen LogP contribution in [0.2, 0.25) is 0 Å². The summed E-state index contributed by atoms with van der Waals surface area (Å²) in [6, 6.07) is 0. The Morgan fingerprint density at radius 1 is 0.750 bits per heavy atom. The van der Waals surface area contributed by atoms with Gasteiger partial charge in [0.15, 0.2) is 0 Å². The van der Waals surface area contributed by atoms with E-state index in [0.717, 1.165) is 0 Å². The van der Waals surface area contributed by atoms with Crippen LogP contribution in [0.3, 0.4) is 0 Å². The topological polar surface area (TPSA) is 63.0 Å². The zero-order valence-corrected chi connectivity index (χ0v) is 2.84. The van der Waals surface area contributed by atoms with Gasteiger partial charge in [0.2, 0.25) is 0 Å². The maximum absolute atomic E-state index is 0. The third kappa shape index (κ3) is 11.3. The second kappa shape index (κ2) is 32.5. The van der Waals surface area contributed by atoms with Gasteiger partial charge in [-0.15, -0.1) is 0 Å². The molecule has 0 aliphatic carbocycles. The van der Waals surface area contributed by atoms with E-state index in [4.69, 9.17) is 0 Å². The Morgan fingerprint density at radius 3 is 0.750 bits per heavy atom. The molecule has 4 N–H and O–H groups in total. The minimum Gasteiger partial charge on any atom is 0 e. The molecule has 0 saturated carbocycles. The van der Waals surface area contributed by atoms with Crippen LogP contribution in [0.4, 0.5) is 0 Å². The first-order valence-corrected chi connectivity index (χ1v) is 0. The largest absolute Gasteiger partial charge is 0 e. The first kappa shape index (κ1) is 70.7. The first-order chi connectivity index (χ1) is 0. The van der Waals surface area contributed by atoms with Crippen molar-refractivity contribution in [2.75, 3.05) is 0 Å². The zero-order chi connectivity index (χ0) is 0. The summed E-state index contributed by atoms with van der Waals surface area (Å²) in [5, 5.41) is 0. The molecule has 2 nitrogen and oxygen atoms in total. The van der Waals surface area contributed by atoms with Crippen molar-refractivity contribution in [3.8, 4) is 0 Å². The summed E-state index contributed by atoms with van der Waals surface area (Å²) in [6.45, 7) is 0. The molecular weight excluding hydrogens is 89.9 g/mol. The van der Waals surface area contributed by atoms with E-state index < -0.39 is 0 Å². The smallest absolute Gasteiger partial charge is 0 e. The number of rotatable bonds is 0. The van der Waals surface area contributed by atoms with E-state index in [1.165, 1.54) is 0 Å². The third-order valence-corrected chi connectivity index (χ3v) is 0. The van der Waals surface area contributed by atoms with Gasteiger partial charge in [0.25, 0.3) is 0 Å². The van der Waals surface area contributed by atoms with Crippen molar-refractivity contribution >= 4 is 18.9 Å². The van der Waals surface area contributed by atoms with Gasteiger partial charge in [0, 0.05) is 18.6 Å². The van der Waals surface area contributed by atoms with Crippen LogP contribution in [0.25, 0.3) is 0 Å². The van der Waals surface area contributed by atoms with E-state index in [-0.39, 0.29) is 48.4 Å². The van der Waals surface area contributed by atoms with Crippen molar-refractivity contribution in [2.45, 2.75) is 0 Å². The van der Waals surface area contributed by atoms with Crippen LogP contribution in [0.1, 0.15) is 0 Å². The Balaban J connectivity index is 0. The molecule has 0 amide bonds. The molecule has 4 heteroatoms. The van der Waals surface area contributed by atoms with E-state index in [1.807, 2.05) is 0 Å². The van der Waals surface area contributed by atoms with Gasteiger partial charge in [-0.2, -0.15) is 0 Å². The van der Waals surface area contributed by atoms with Gasteiger partial charge in [-0.3, -0.25) is 0 Å². The monoisotopic (exact) mass is 95.0 g/mol. The number of hydrogen-bond acceptors (Lipinski definition) is 0. The summed E-state index contributed by atoms with van der Waals surface area (Å²) in [6.07, 6.45) is 0. The zero-order valence-electron chi connectivity index (χ0n) is 1.45. The molecule has 0 spiro atoms. The SMILES string of the molecule is O.O.[LiH].[V]. The summed E-state index contributed by atoms with van der Waals surface area (Å²) >= 11 is 0. The molecule has 0 aromatic rings. The molecule has 0 aliphatic rings. The molecule has 0 saturated heterocycles. The van der Waals surface area contributed by atoms with Gasteiger partial charge in [0.1, 0.15) is 0 Å². The molecule has 0 aromatic heterocycles. The average molecular weight is 94.9 g/mol. The van der Waals surface area contributed by atoms with Crippen molar-refractivity contribution in [1.29, 1.82) is 0 Å². The fourth-order valence-corrected chi connectivity index (χ4v) is 0. The van der Waals surface area contributed by atoms with Gasteiger partial charge >= 0.3 is 18.9 Å². The van der Waals surface area contributed by atoms with E-state index >= 15 is 0 Å². The van der Waals surface area contributed by atoms with Crippen molar-refractivity contribution in [3.63, 3.8) is 0 Å². The quantitative estimate of drug-likeness (QED) is 0.304. The van der Waals surface area contributed by atoms with Crippen LogP contribution < -0.4 is 0 Å². The molecule has 0 atom stereocenters. The molecule has 0 fully saturated rings. The Kier molecular flexibility index (Phi) is 575. The van der Waals surface area contributed by atoms with Crippen LogP contribution in [-0.2, 0) is 18.6 Å². The second-order valence-electron chi connectivity index (χ2n) is 0. The predicted octanol–water partition coefficient (Wildman–Crippen LogP) is -2.30. The van der Waals surface area contributed by atoms with Crippen molar-refractivity contribution in [3.05, 3.63) is 0 Å². The summed E-state index contributed by atoms with van der Waals surface area (Å²) in [5.41, 5.74) is 0. The standard InChI is InChI=1S/Li.2H2O.V.H/h;2*1H2;;. The van der Waals surface area contributed by atoms with Crippen molar-refractivity contribution < 1.29 is 29.5 Å². The molecule has 0 bridgehead atoms. The fraction of sp³-hybridized carbons (Fsp3) is 0. The van der Waals surface area contributed by atoms with Crippen LogP contribution in [0.15, 0.2) is 0 Å². The minimum atomic E-state index is 0. The maximum Gasteiger partial charge on any atom is 0 e. The molecular formula is H5LiO2V. The summed E-state index contributed by atoms with van der Waals surface area (Å²) in [4.78, 5) is 0. The Morgan fingerprint density at radius 2 is 0.750 bits per heavy atom. The van der Waals surface area contributed by atoms with Crippen LogP contribution in [0.5, 0.6) is 0 Å². The molecule has 23 valence electrons. The minimum absolute atomic E-state index is 0. The first-order valence-electron chi connectivity index (χ1n) is 0. The molecule has 0 aromatic carbocycles. The van der Waals surface area contributed by atoms with Crippen LogP contribution in [-0.4, -0.2) is 29.8 Å². The molecule has 0 unspecified atom stereocenters. The van der Waals surface area contributed by atoms with E-state index in [1.54, 1.807) is 0 Å². The van der Waals surface area contributed by atoms with Crippen LogP contribution >= 0.6 is 0 Å². The Bertz CT molecular complexity index is 6.00. The molecule has 0 rings (SSSR count). The van der Waals surface area contributed by atoms with Gasteiger partial charge in [-0.1, -0.05) is 0 Å². The van der Waals surface area contributed by atoms with Gasteiger partial charge in [0.05, 0.1) is 0 Å². The summed E-state index contributed by atoms with van der Waals surface area (Å²) < 4.78 is 0. The Hall–Kier alpha value is 1.10. The Labute approximate surface area is 48.6 Å². The summed E-state index contributed by atoms with van der Waals surface area (Å²) in [7, 11) is 0.